The molecule has 0 fully saturated rings. The molecule has 4 aromatic rings. The van der Waals surface area contributed by atoms with Crippen molar-refractivity contribution in [3.63, 3.8) is 0 Å². The van der Waals surface area contributed by atoms with Gasteiger partial charge in [0.2, 0.25) is 0 Å². The molecule has 2 N–H and O–H groups in total. The molecule has 0 unspecified atom stereocenters. The molecule has 3 heteroatoms. The summed E-state index contributed by atoms with van der Waals surface area (Å²) in [6, 6.07) is 22.8. The molecule has 0 saturated heterocycles. The largest absolute Gasteiger partial charge is 0.386 e. The van der Waals surface area contributed by atoms with Crippen LogP contribution in [0, 0.1) is 0 Å². The van der Waals surface area contributed by atoms with Gasteiger partial charge in [-0.3, -0.25) is 0 Å². The second-order valence-corrected chi connectivity index (χ2v) is 9.66. The van der Waals surface area contributed by atoms with Crippen LogP contribution < -0.4 is 0 Å². The number of aliphatic hydroxyl groups is 1. The van der Waals surface area contributed by atoms with Crippen molar-refractivity contribution in [2.45, 2.75) is 45.6 Å². The van der Waals surface area contributed by atoms with Gasteiger partial charge in [-0.15, -0.1) is 0 Å². The molecule has 0 bridgehead atoms. The Morgan fingerprint density at radius 3 is 2.23 bits per heavy atom. The maximum Gasteiger partial charge on any atom is 0.131 e. The van der Waals surface area contributed by atoms with Gasteiger partial charge < -0.3 is 10.1 Å². The van der Waals surface area contributed by atoms with Crippen molar-refractivity contribution in [2.24, 2.45) is 0 Å². The quantitative estimate of drug-likeness (QED) is 0.383. The molecule has 0 aliphatic heterocycles. The number of imidazole rings is 1. The highest BCUT2D eigenvalue weighted by atomic mass is 16.3. The molecule has 1 heterocycles. The zero-order valence-corrected chi connectivity index (χ0v) is 18.9. The van der Waals surface area contributed by atoms with Crippen molar-refractivity contribution in [1.82, 2.24) is 9.97 Å². The van der Waals surface area contributed by atoms with E-state index in [1.807, 2.05) is 50.3 Å². The highest BCUT2D eigenvalue weighted by Crippen LogP contribution is 2.32. The Morgan fingerprint density at radius 1 is 0.839 bits per heavy atom. The minimum Gasteiger partial charge on any atom is -0.386 e. The number of fused-ring (bicyclic) bond motifs is 1. The van der Waals surface area contributed by atoms with Crippen LogP contribution in [-0.4, -0.2) is 15.1 Å². The van der Waals surface area contributed by atoms with E-state index in [4.69, 9.17) is 4.98 Å². The lowest BCUT2D eigenvalue weighted by Gasteiger charge is -2.21. The molecule has 3 nitrogen and oxygen atoms in total. The molecule has 31 heavy (non-hydrogen) atoms. The van der Waals surface area contributed by atoms with Crippen molar-refractivity contribution >= 4 is 23.2 Å². The van der Waals surface area contributed by atoms with E-state index < -0.39 is 5.60 Å². The van der Waals surface area contributed by atoms with Gasteiger partial charge in [0.25, 0.3) is 0 Å². The van der Waals surface area contributed by atoms with Crippen LogP contribution in [0.4, 0.5) is 0 Å². The lowest BCUT2D eigenvalue weighted by Crippen LogP contribution is -2.16. The fourth-order valence-corrected chi connectivity index (χ4v) is 3.81. The predicted octanol–water partition coefficient (Wildman–Crippen LogP) is 6.93. The highest BCUT2D eigenvalue weighted by molar-refractivity contribution is 5.84. The lowest BCUT2D eigenvalue weighted by atomic mass is 9.87. The molecule has 0 radical (unpaired) electrons. The first kappa shape index (κ1) is 21.1. The maximum atomic E-state index is 10.6. The number of nitrogens with one attached hydrogen (secondary N) is 1. The van der Waals surface area contributed by atoms with Gasteiger partial charge in [0, 0.05) is 0 Å². The first-order chi connectivity index (χ1) is 14.6. The molecule has 0 amide bonds. The molecule has 0 atom stereocenters. The standard InChI is InChI=1S/C28H30N2O/c1-27(2,3)21-14-10-19(11-15-21)12-17-26-29-24-16-13-20(18-25(24)30-26)22-8-6-7-9-23(22)28(4,5)31/h6-18,31H,1-5H3,(H,29,30)/b17-12+. The minimum absolute atomic E-state index is 0.155. The van der Waals surface area contributed by atoms with E-state index >= 15 is 0 Å². The third-order valence-corrected chi connectivity index (χ3v) is 5.61. The van der Waals surface area contributed by atoms with Gasteiger partial charge in [-0.2, -0.15) is 0 Å². The Hall–Kier alpha value is -3.17. The van der Waals surface area contributed by atoms with Gasteiger partial charge in [0.05, 0.1) is 16.6 Å². The summed E-state index contributed by atoms with van der Waals surface area (Å²) in [7, 11) is 0. The average molecular weight is 411 g/mol. The summed E-state index contributed by atoms with van der Waals surface area (Å²) in [6.45, 7) is 10.3. The van der Waals surface area contributed by atoms with E-state index in [0.717, 1.165) is 39.1 Å². The van der Waals surface area contributed by atoms with Gasteiger partial charge in [-0.05, 0) is 65.3 Å². The normalized spacial score (nSPS) is 12.7. The third-order valence-electron chi connectivity index (χ3n) is 5.61. The predicted molar refractivity (Wildman–Crippen MR) is 131 cm³/mol. The molecule has 3 aromatic carbocycles. The zero-order chi connectivity index (χ0) is 22.2. The van der Waals surface area contributed by atoms with E-state index in [2.05, 4.69) is 68.2 Å². The number of H-pyrrole nitrogens is 1. The zero-order valence-electron chi connectivity index (χ0n) is 18.9. The molecule has 4 rings (SSSR count). The maximum absolute atomic E-state index is 10.6. The summed E-state index contributed by atoms with van der Waals surface area (Å²) < 4.78 is 0. The Morgan fingerprint density at radius 2 is 1.55 bits per heavy atom. The van der Waals surface area contributed by atoms with Crippen molar-refractivity contribution < 1.29 is 5.11 Å². The van der Waals surface area contributed by atoms with Crippen molar-refractivity contribution in [3.8, 4) is 11.1 Å². The Bertz CT molecular complexity index is 1230. The van der Waals surface area contributed by atoms with Crippen LogP contribution in [0.2, 0.25) is 0 Å². The number of aromatic nitrogens is 2. The van der Waals surface area contributed by atoms with Crippen LogP contribution in [0.5, 0.6) is 0 Å². The Labute approximate surface area is 184 Å². The number of benzene rings is 3. The lowest BCUT2D eigenvalue weighted by molar-refractivity contribution is 0.0792. The summed E-state index contributed by atoms with van der Waals surface area (Å²) in [5.41, 5.74) is 6.62. The van der Waals surface area contributed by atoms with Gasteiger partial charge in [0.1, 0.15) is 5.82 Å². The van der Waals surface area contributed by atoms with Crippen LogP contribution in [0.25, 0.3) is 34.3 Å². The summed E-state index contributed by atoms with van der Waals surface area (Å²) >= 11 is 0. The molecule has 1 aromatic heterocycles. The van der Waals surface area contributed by atoms with E-state index in [9.17, 15) is 5.11 Å². The summed E-state index contributed by atoms with van der Waals surface area (Å²) in [4.78, 5) is 8.11. The molecular weight excluding hydrogens is 380 g/mol. The fourth-order valence-electron chi connectivity index (χ4n) is 3.81. The smallest absolute Gasteiger partial charge is 0.131 e. The topological polar surface area (TPSA) is 48.9 Å². The number of rotatable bonds is 4. The number of hydrogen-bond donors (Lipinski definition) is 2. The van der Waals surface area contributed by atoms with E-state index in [1.54, 1.807) is 0 Å². The second-order valence-electron chi connectivity index (χ2n) is 9.66. The first-order valence-corrected chi connectivity index (χ1v) is 10.7. The van der Waals surface area contributed by atoms with Crippen LogP contribution in [0.3, 0.4) is 0 Å². The van der Waals surface area contributed by atoms with E-state index in [-0.39, 0.29) is 5.41 Å². The summed E-state index contributed by atoms with van der Waals surface area (Å²) in [5.74, 6) is 0.822. The van der Waals surface area contributed by atoms with Crippen molar-refractivity contribution in [3.05, 3.63) is 89.2 Å². The van der Waals surface area contributed by atoms with E-state index in [1.165, 1.54) is 5.56 Å². The molecular formula is C28H30N2O. The van der Waals surface area contributed by atoms with Crippen LogP contribution in [0.1, 0.15) is 57.1 Å². The number of nitrogens with zero attached hydrogens (tertiary/aromatic N) is 1. The fraction of sp³-hybridized carbons (Fsp3) is 0.250. The molecule has 0 saturated carbocycles. The minimum atomic E-state index is -0.907. The van der Waals surface area contributed by atoms with Gasteiger partial charge in [-0.1, -0.05) is 81.4 Å². The van der Waals surface area contributed by atoms with Crippen molar-refractivity contribution in [2.75, 3.05) is 0 Å². The Kier molecular flexibility index (Phi) is 5.32. The monoisotopic (exact) mass is 410 g/mol. The third kappa shape index (κ3) is 4.62. The highest BCUT2D eigenvalue weighted by Gasteiger charge is 2.20. The van der Waals surface area contributed by atoms with Gasteiger partial charge in [0.15, 0.2) is 0 Å². The Balaban J connectivity index is 1.63. The van der Waals surface area contributed by atoms with E-state index in [0.29, 0.717) is 0 Å². The molecule has 158 valence electrons. The molecule has 0 spiro atoms. The summed E-state index contributed by atoms with van der Waals surface area (Å²) in [6.07, 6.45) is 4.09. The van der Waals surface area contributed by atoms with Gasteiger partial charge >= 0.3 is 0 Å². The van der Waals surface area contributed by atoms with Crippen LogP contribution in [0.15, 0.2) is 66.7 Å². The summed E-state index contributed by atoms with van der Waals surface area (Å²) in [5, 5.41) is 10.6. The number of hydrogen-bond acceptors (Lipinski definition) is 2. The average Bonchev–Trinajstić information content (AvgIpc) is 3.13. The molecule has 0 aliphatic carbocycles. The van der Waals surface area contributed by atoms with Gasteiger partial charge in [-0.25, -0.2) is 4.98 Å². The van der Waals surface area contributed by atoms with Crippen LogP contribution in [-0.2, 0) is 11.0 Å². The van der Waals surface area contributed by atoms with Crippen LogP contribution >= 0.6 is 0 Å². The SMILES string of the molecule is CC(C)(C)c1ccc(/C=C/c2nc3ccc(-c4ccccc4C(C)(C)O)cc3[nH]2)cc1. The molecule has 0 aliphatic rings. The van der Waals surface area contributed by atoms with Crippen molar-refractivity contribution in [1.29, 1.82) is 0 Å². The second kappa shape index (κ2) is 7.82. The number of aromatic amines is 1. The first-order valence-electron chi connectivity index (χ1n) is 10.7.